The van der Waals surface area contributed by atoms with Gasteiger partial charge in [0.05, 0.1) is 51.9 Å². The van der Waals surface area contributed by atoms with Crippen molar-refractivity contribution in [2.75, 3.05) is 24.8 Å². The molecule has 0 radical (unpaired) electrons. The minimum absolute atomic E-state index is 0.0700. The van der Waals surface area contributed by atoms with E-state index in [1.54, 1.807) is 13.0 Å². The minimum atomic E-state index is -1.37. The highest BCUT2D eigenvalue weighted by atomic mass is 79.9. The number of nitriles is 1. The van der Waals surface area contributed by atoms with Crippen molar-refractivity contribution in [1.29, 1.82) is 5.26 Å². The van der Waals surface area contributed by atoms with Gasteiger partial charge in [-0.2, -0.15) is 5.26 Å². The van der Waals surface area contributed by atoms with Crippen molar-refractivity contribution >= 4 is 74.4 Å². The first kappa shape index (κ1) is 28.9. The van der Waals surface area contributed by atoms with Crippen LogP contribution >= 0.6 is 50.9 Å². The standard InChI is InChI=1S/C25H22BrCl2N3O5S/c1-4-36-22-16(27)8-13(9-17(22)28)20-14(10-29)24(31-23(33)21(20)25(34)35-3)37-11-19(32)30-18-6-5-12(2)7-15(18)26/h5-9,20-21H,4,11H2,1-3H3,(H,30,32)(H,31,33)/t20-,21-/m0/s1. The number of carbonyl (C=O) groups is 3. The van der Waals surface area contributed by atoms with Gasteiger partial charge in [-0.1, -0.05) is 41.0 Å². The summed E-state index contributed by atoms with van der Waals surface area (Å²) in [6, 6.07) is 10.6. The molecule has 2 aromatic rings. The molecule has 3 rings (SSSR count). The molecule has 194 valence electrons. The number of allylic oxidation sites excluding steroid dienone is 1. The number of rotatable bonds is 8. The van der Waals surface area contributed by atoms with Crippen LogP contribution in [0.15, 0.2) is 45.4 Å². The zero-order valence-electron chi connectivity index (χ0n) is 20.0. The molecule has 37 heavy (non-hydrogen) atoms. The number of methoxy groups -OCH3 is 1. The van der Waals surface area contributed by atoms with E-state index < -0.39 is 23.7 Å². The summed E-state index contributed by atoms with van der Waals surface area (Å²) in [6.45, 7) is 4.02. The second kappa shape index (κ2) is 12.7. The number of anilines is 1. The zero-order valence-corrected chi connectivity index (χ0v) is 23.9. The van der Waals surface area contributed by atoms with Crippen LogP contribution in [0.5, 0.6) is 5.75 Å². The fourth-order valence-electron chi connectivity index (χ4n) is 3.77. The number of aryl methyl sites for hydroxylation is 1. The van der Waals surface area contributed by atoms with Crippen molar-refractivity contribution in [3.05, 3.63) is 66.6 Å². The van der Waals surface area contributed by atoms with Crippen LogP contribution in [0, 0.1) is 24.2 Å². The van der Waals surface area contributed by atoms with Gasteiger partial charge < -0.3 is 20.1 Å². The predicted molar refractivity (Wildman–Crippen MR) is 147 cm³/mol. The largest absolute Gasteiger partial charge is 0.491 e. The molecule has 0 saturated heterocycles. The summed E-state index contributed by atoms with van der Waals surface area (Å²) in [5.74, 6) is -4.14. The second-order valence-electron chi connectivity index (χ2n) is 7.89. The lowest BCUT2D eigenvalue weighted by Crippen LogP contribution is -2.44. The molecule has 0 spiro atoms. The molecule has 0 fully saturated rings. The Morgan fingerprint density at radius 3 is 2.49 bits per heavy atom. The predicted octanol–water partition coefficient (Wildman–Crippen LogP) is 5.57. The van der Waals surface area contributed by atoms with Gasteiger partial charge >= 0.3 is 5.97 Å². The Balaban J connectivity index is 1.97. The van der Waals surface area contributed by atoms with E-state index in [-0.39, 0.29) is 38.1 Å². The number of halogens is 3. The van der Waals surface area contributed by atoms with E-state index in [1.807, 2.05) is 19.1 Å². The van der Waals surface area contributed by atoms with Crippen molar-refractivity contribution in [2.45, 2.75) is 19.8 Å². The first-order valence-corrected chi connectivity index (χ1v) is 13.5. The van der Waals surface area contributed by atoms with E-state index in [0.29, 0.717) is 17.9 Å². The molecule has 2 atom stereocenters. The molecule has 0 aliphatic carbocycles. The Hall–Kier alpha value is -2.71. The Bertz CT molecular complexity index is 1300. The summed E-state index contributed by atoms with van der Waals surface area (Å²) >= 11 is 17.1. The van der Waals surface area contributed by atoms with Gasteiger partial charge in [-0.15, -0.1) is 0 Å². The molecular formula is C25H22BrCl2N3O5S. The van der Waals surface area contributed by atoms with Crippen molar-refractivity contribution in [2.24, 2.45) is 5.92 Å². The monoisotopic (exact) mass is 625 g/mol. The molecule has 0 bridgehead atoms. The van der Waals surface area contributed by atoms with Gasteiger partial charge in [0, 0.05) is 10.4 Å². The quantitative estimate of drug-likeness (QED) is 0.290. The smallest absolute Gasteiger partial charge is 0.319 e. The zero-order chi connectivity index (χ0) is 27.3. The lowest BCUT2D eigenvalue weighted by atomic mass is 9.78. The lowest BCUT2D eigenvalue weighted by molar-refractivity contribution is -0.150. The maximum atomic E-state index is 13.0. The highest BCUT2D eigenvalue weighted by Gasteiger charge is 2.44. The fraction of sp³-hybridized carbons (Fsp3) is 0.280. The summed E-state index contributed by atoms with van der Waals surface area (Å²) in [5, 5.41) is 15.9. The van der Waals surface area contributed by atoms with Gasteiger partial charge in [0.25, 0.3) is 0 Å². The van der Waals surface area contributed by atoms with Crippen LogP contribution in [0.2, 0.25) is 10.0 Å². The van der Waals surface area contributed by atoms with E-state index in [9.17, 15) is 19.6 Å². The van der Waals surface area contributed by atoms with Crippen LogP contribution < -0.4 is 15.4 Å². The normalized spacial score (nSPS) is 17.1. The maximum absolute atomic E-state index is 13.0. The molecule has 0 unspecified atom stereocenters. The first-order valence-electron chi connectivity index (χ1n) is 10.9. The Labute approximate surface area is 236 Å². The third-order valence-corrected chi connectivity index (χ3v) is 7.63. The molecule has 1 heterocycles. The van der Waals surface area contributed by atoms with E-state index in [0.717, 1.165) is 28.9 Å². The van der Waals surface area contributed by atoms with Crippen molar-refractivity contribution in [3.8, 4) is 11.8 Å². The Kier molecular flexibility index (Phi) is 9.90. The molecule has 12 heteroatoms. The number of amides is 2. The van der Waals surface area contributed by atoms with Crippen LogP contribution in [0.25, 0.3) is 0 Å². The van der Waals surface area contributed by atoms with E-state index in [4.69, 9.17) is 32.7 Å². The van der Waals surface area contributed by atoms with E-state index >= 15 is 0 Å². The Morgan fingerprint density at radius 2 is 1.92 bits per heavy atom. The summed E-state index contributed by atoms with van der Waals surface area (Å²) in [5.41, 5.74) is 2.03. The van der Waals surface area contributed by atoms with Crippen LogP contribution in [-0.2, 0) is 19.1 Å². The van der Waals surface area contributed by atoms with E-state index in [1.165, 1.54) is 12.1 Å². The van der Waals surface area contributed by atoms with Crippen LogP contribution in [-0.4, -0.2) is 37.3 Å². The highest BCUT2D eigenvalue weighted by Crippen LogP contribution is 2.44. The molecule has 8 nitrogen and oxygen atoms in total. The second-order valence-corrected chi connectivity index (χ2v) is 10.5. The molecule has 0 saturated carbocycles. The fourth-order valence-corrected chi connectivity index (χ4v) is 5.82. The maximum Gasteiger partial charge on any atom is 0.319 e. The summed E-state index contributed by atoms with van der Waals surface area (Å²) in [4.78, 5) is 38.3. The average Bonchev–Trinajstić information content (AvgIpc) is 2.85. The molecule has 1 aliphatic rings. The van der Waals surface area contributed by atoms with Gasteiger partial charge in [0.15, 0.2) is 5.75 Å². The number of ether oxygens (including phenoxy) is 2. The van der Waals surface area contributed by atoms with Gasteiger partial charge in [0.1, 0.15) is 5.92 Å². The molecule has 2 amide bonds. The Morgan fingerprint density at radius 1 is 1.24 bits per heavy atom. The number of nitrogens with zero attached hydrogens (tertiary/aromatic N) is 1. The third-order valence-electron chi connectivity index (χ3n) is 5.40. The first-order chi connectivity index (χ1) is 17.6. The van der Waals surface area contributed by atoms with Crippen LogP contribution in [0.4, 0.5) is 5.69 Å². The average molecular weight is 627 g/mol. The SMILES string of the molecule is CCOc1c(Cl)cc([C@H]2C(C#N)=C(SCC(=O)Nc3ccc(C)cc3Br)NC(=O)[C@H]2C(=O)OC)cc1Cl. The molecular weight excluding hydrogens is 605 g/mol. The molecule has 2 aromatic carbocycles. The summed E-state index contributed by atoms with van der Waals surface area (Å²) in [6.07, 6.45) is 0. The molecule has 2 N–H and O–H groups in total. The lowest BCUT2D eigenvalue weighted by Gasteiger charge is -2.31. The number of hydrogen-bond acceptors (Lipinski definition) is 7. The number of hydrogen-bond donors (Lipinski definition) is 2. The number of carbonyl (C=O) groups excluding carboxylic acids is 3. The summed E-state index contributed by atoms with van der Waals surface area (Å²) in [7, 11) is 1.15. The van der Waals surface area contributed by atoms with Gasteiger partial charge in [-0.3, -0.25) is 14.4 Å². The van der Waals surface area contributed by atoms with Gasteiger partial charge in [0.2, 0.25) is 11.8 Å². The highest BCUT2D eigenvalue weighted by molar-refractivity contribution is 9.10. The van der Waals surface area contributed by atoms with Crippen LogP contribution in [0.3, 0.4) is 0 Å². The van der Waals surface area contributed by atoms with Crippen molar-refractivity contribution < 1.29 is 23.9 Å². The van der Waals surface area contributed by atoms with Gasteiger partial charge in [-0.25, -0.2) is 0 Å². The van der Waals surface area contributed by atoms with Crippen LogP contribution in [0.1, 0.15) is 24.0 Å². The number of thioether (sulfide) groups is 1. The van der Waals surface area contributed by atoms with Gasteiger partial charge in [-0.05, 0) is 65.2 Å². The van der Waals surface area contributed by atoms with Crippen molar-refractivity contribution in [1.82, 2.24) is 5.32 Å². The minimum Gasteiger partial charge on any atom is -0.491 e. The summed E-state index contributed by atoms with van der Waals surface area (Å²) < 4.78 is 11.0. The number of benzene rings is 2. The number of esters is 1. The topological polar surface area (TPSA) is 118 Å². The molecule has 1 aliphatic heterocycles. The third kappa shape index (κ3) is 6.60. The number of nitrogens with one attached hydrogen (secondary N) is 2. The van der Waals surface area contributed by atoms with Crippen molar-refractivity contribution in [3.63, 3.8) is 0 Å². The van der Waals surface area contributed by atoms with E-state index in [2.05, 4.69) is 32.6 Å². The molecule has 0 aromatic heterocycles.